The Kier molecular flexibility index (Phi) is 2.42. The van der Waals surface area contributed by atoms with Crippen LogP contribution in [0.3, 0.4) is 0 Å². The van der Waals surface area contributed by atoms with Crippen LogP contribution in [0.25, 0.3) is 0 Å². The molecule has 78 valence electrons. The van der Waals surface area contributed by atoms with E-state index in [1.807, 2.05) is 6.07 Å². The maximum atomic E-state index is 13.3. The first-order valence-corrected chi connectivity index (χ1v) is 4.46. The number of hydrogen-bond acceptors (Lipinski definition) is 3. The summed E-state index contributed by atoms with van der Waals surface area (Å²) in [6, 6.07) is 3.61. The molecule has 0 radical (unpaired) electrons. The van der Waals surface area contributed by atoms with Crippen LogP contribution in [0, 0.1) is 23.0 Å². The number of ether oxygens (including phenoxy) is 1. The summed E-state index contributed by atoms with van der Waals surface area (Å²) in [5.74, 6) is -1.22. The first kappa shape index (κ1) is 9.71. The molecule has 0 aromatic heterocycles. The quantitative estimate of drug-likeness (QED) is 0.771. The third kappa shape index (κ3) is 1.84. The fourth-order valence-corrected chi connectivity index (χ4v) is 1.46. The second-order valence-electron chi connectivity index (χ2n) is 3.28. The van der Waals surface area contributed by atoms with Crippen molar-refractivity contribution in [3.63, 3.8) is 0 Å². The number of nitrogens with one attached hydrogen (secondary N) is 1. The van der Waals surface area contributed by atoms with E-state index in [0.29, 0.717) is 0 Å². The van der Waals surface area contributed by atoms with Crippen molar-refractivity contribution in [2.75, 3.05) is 11.9 Å². The highest BCUT2D eigenvalue weighted by atomic mass is 19.1. The molecule has 1 atom stereocenters. The molecule has 2 rings (SSSR count). The summed E-state index contributed by atoms with van der Waals surface area (Å²) in [6.07, 6.45) is 0.219. The number of anilines is 1. The van der Waals surface area contributed by atoms with Gasteiger partial charge in [0.1, 0.15) is 23.9 Å². The van der Waals surface area contributed by atoms with Crippen molar-refractivity contribution >= 4 is 5.69 Å². The highest BCUT2D eigenvalue weighted by molar-refractivity contribution is 5.59. The van der Waals surface area contributed by atoms with Gasteiger partial charge in [-0.1, -0.05) is 0 Å². The van der Waals surface area contributed by atoms with Gasteiger partial charge in [-0.05, 0) is 0 Å². The Bertz CT molecular complexity index is 428. The van der Waals surface area contributed by atoms with Crippen molar-refractivity contribution in [1.82, 2.24) is 0 Å². The van der Waals surface area contributed by atoms with E-state index >= 15 is 0 Å². The molecule has 0 amide bonds. The Balaban J connectivity index is 2.30. The predicted molar refractivity (Wildman–Crippen MR) is 49.5 cm³/mol. The van der Waals surface area contributed by atoms with E-state index in [1.165, 1.54) is 0 Å². The minimum absolute atomic E-state index is 0.128. The highest BCUT2D eigenvalue weighted by Gasteiger charge is 2.22. The smallest absolute Gasteiger partial charge is 0.153 e. The molecule has 0 fully saturated rings. The monoisotopic (exact) mass is 210 g/mol. The molecule has 5 heteroatoms. The van der Waals surface area contributed by atoms with Crippen LogP contribution in [0.1, 0.15) is 6.42 Å². The standard InChI is InChI=1S/C10H8F2N2O/c11-6-3-8(12)10-9(4-6)15-5-7(14-10)1-2-13/h3-4,7,14H,1,5H2. The minimum atomic E-state index is -0.701. The van der Waals surface area contributed by atoms with Gasteiger partial charge in [-0.25, -0.2) is 8.78 Å². The zero-order chi connectivity index (χ0) is 10.8. The molecule has 3 nitrogen and oxygen atoms in total. The Morgan fingerprint density at radius 3 is 3.07 bits per heavy atom. The Morgan fingerprint density at radius 1 is 1.53 bits per heavy atom. The molecule has 0 saturated heterocycles. The number of benzene rings is 1. The largest absolute Gasteiger partial charge is 0.489 e. The molecule has 1 aliphatic heterocycles. The molecule has 0 aliphatic carbocycles. The molecule has 1 aliphatic rings. The number of nitrogens with zero attached hydrogens (tertiary/aromatic N) is 1. The zero-order valence-corrected chi connectivity index (χ0v) is 7.76. The third-order valence-electron chi connectivity index (χ3n) is 2.14. The second-order valence-corrected chi connectivity index (χ2v) is 3.28. The van der Waals surface area contributed by atoms with E-state index in [4.69, 9.17) is 10.00 Å². The number of nitriles is 1. The van der Waals surface area contributed by atoms with Gasteiger partial charge < -0.3 is 10.1 Å². The van der Waals surface area contributed by atoms with Gasteiger partial charge in [0.25, 0.3) is 0 Å². The minimum Gasteiger partial charge on any atom is -0.489 e. The maximum absolute atomic E-state index is 13.3. The number of fused-ring (bicyclic) bond motifs is 1. The summed E-state index contributed by atoms with van der Waals surface area (Å²) in [6.45, 7) is 0.240. The maximum Gasteiger partial charge on any atom is 0.153 e. The number of hydrogen-bond donors (Lipinski definition) is 1. The molecule has 1 N–H and O–H groups in total. The molecule has 0 saturated carbocycles. The lowest BCUT2D eigenvalue weighted by molar-refractivity contribution is 0.281. The van der Waals surface area contributed by atoms with Crippen molar-refractivity contribution < 1.29 is 13.5 Å². The van der Waals surface area contributed by atoms with E-state index in [-0.39, 0.29) is 30.5 Å². The molecule has 15 heavy (non-hydrogen) atoms. The van der Waals surface area contributed by atoms with Gasteiger partial charge in [-0.15, -0.1) is 0 Å². The molecule has 1 unspecified atom stereocenters. The summed E-state index contributed by atoms with van der Waals surface area (Å²) in [7, 11) is 0. The van der Waals surface area contributed by atoms with Crippen molar-refractivity contribution in [3.8, 4) is 11.8 Å². The Hall–Kier alpha value is -1.83. The molecule has 0 spiro atoms. The molecular weight excluding hydrogens is 202 g/mol. The van der Waals surface area contributed by atoms with Crippen molar-refractivity contribution in [2.24, 2.45) is 0 Å². The molecule has 0 bridgehead atoms. The highest BCUT2D eigenvalue weighted by Crippen LogP contribution is 2.32. The summed E-state index contributed by atoms with van der Waals surface area (Å²) in [5, 5.41) is 11.3. The number of halogens is 2. The molecule has 1 aromatic rings. The van der Waals surface area contributed by atoms with Crippen molar-refractivity contribution in [1.29, 1.82) is 5.26 Å². The summed E-state index contributed by atoms with van der Waals surface area (Å²) in [5.41, 5.74) is 0.128. The fraction of sp³-hybridized carbons (Fsp3) is 0.300. The van der Waals surface area contributed by atoms with Gasteiger partial charge >= 0.3 is 0 Å². The summed E-state index contributed by atoms with van der Waals surface area (Å²) < 4.78 is 31.2. The van der Waals surface area contributed by atoms with E-state index in [0.717, 1.165) is 12.1 Å². The third-order valence-corrected chi connectivity index (χ3v) is 2.14. The van der Waals surface area contributed by atoms with Gasteiger partial charge in [0, 0.05) is 12.1 Å². The number of rotatable bonds is 1. The second kappa shape index (κ2) is 3.73. The fourth-order valence-electron chi connectivity index (χ4n) is 1.46. The first-order valence-electron chi connectivity index (χ1n) is 4.46. The van der Waals surface area contributed by atoms with Crippen molar-refractivity contribution in [3.05, 3.63) is 23.8 Å². The predicted octanol–water partition coefficient (Wildman–Crippen LogP) is 2.05. The van der Waals surface area contributed by atoms with Crippen LogP contribution >= 0.6 is 0 Å². The molecule has 1 heterocycles. The SMILES string of the molecule is N#CCC1COc2cc(F)cc(F)c2N1. The average Bonchev–Trinajstić information content (AvgIpc) is 2.19. The van der Waals surface area contributed by atoms with Crippen LogP contribution in [0.4, 0.5) is 14.5 Å². The van der Waals surface area contributed by atoms with Crippen LogP contribution in [0.5, 0.6) is 5.75 Å². The normalized spacial score (nSPS) is 18.3. The molecule has 1 aromatic carbocycles. The van der Waals surface area contributed by atoms with Crippen LogP contribution in [0.15, 0.2) is 12.1 Å². The van der Waals surface area contributed by atoms with Gasteiger partial charge in [-0.3, -0.25) is 0 Å². The van der Waals surface area contributed by atoms with Crippen LogP contribution in [-0.4, -0.2) is 12.6 Å². The Morgan fingerprint density at radius 2 is 2.33 bits per heavy atom. The van der Waals surface area contributed by atoms with Gasteiger partial charge in [0.15, 0.2) is 5.82 Å². The van der Waals surface area contributed by atoms with E-state index < -0.39 is 11.6 Å². The van der Waals surface area contributed by atoms with E-state index in [1.54, 1.807) is 0 Å². The lowest BCUT2D eigenvalue weighted by Gasteiger charge is -2.26. The summed E-state index contributed by atoms with van der Waals surface area (Å²) >= 11 is 0. The average molecular weight is 210 g/mol. The zero-order valence-electron chi connectivity index (χ0n) is 7.76. The lowest BCUT2D eigenvalue weighted by Crippen LogP contribution is -2.31. The lowest BCUT2D eigenvalue weighted by atomic mass is 10.1. The van der Waals surface area contributed by atoms with Crippen LogP contribution < -0.4 is 10.1 Å². The summed E-state index contributed by atoms with van der Waals surface area (Å²) in [4.78, 5) is 0. The van der Waals surface area contributed by atoms with Gasteiger partial charge in [0.05, 0.1) is 18.5 Å². The van der Waals surface area contributed by atoms with E-state index in [9.17, 15) is 8.78 Å². The molecular formula is C10H8F2N2O. The van der Waals surface area contributed by atoms with Crippen molar-refractivity contribution in [2.45, 2.75) is 12.5 Å². The van der Waals surface area contributed by atoms with E-state index in [2.05, 4.69) is 5.32 Å². The van der Waals surface area contributed by atoms with Crippen LogP contribution in [-0.2, 0) is 0 Å². The topological polar surface area (TPSA) is 45.0 Å². The van der Waals surface area contributed by atoms with Gasteiger partial charge in [0.2, 0.25) is 0 Å². The van der Waals surface area contributed by atoms with Crippen LogP contribution in [0.2, 0.25) is 0 Å². The van der Waals surface area contributed by atoms with Gasteiger partial charge in [-0.2, -0.15) is 5.26 Å². The first-order chi connectivity index (χ1) is 7.20. The Labute approximate surface area is 85.3 Å².